The first-order valence-corrected chi connectivity index (χ1v) is 10.0. The normalized spacial score (nSPS) is 11.2. The van der Waals surface area contributed by atoms with E-state index in [4.69, 9.17) is 16.3 Å². The molecule has 8 nitrogen and oxygen atoms in total. The molecule has 30 heavy (non-hydrogen) atoms. The highest BCUT2D eigenvalue weighted by Crippen LogP contribution is 2.27. The van der Waals surface area contributed by atoms with E-state index in [1.54, 1.807) is 37.7 Å². The van der Waals surface area contributed by atoms with Crippen LogP contribution in [0.1, 0.15) is 52.8 Å². The van der Waals surface area contributed by atoms with Crippen LogP contribution >= 0.6 is 11.6 Å². The maximum Gasteiger partial charge on any atom is 0.312 e. The number of esters is 1. The molecule has 0 spiro atoms. The standard InChI is InChI=1S/C21H23ClN6O2/c1-5-6-7-8-9-15-25-17(22)16-19(26-15)28(13-30-20(29)21(2,3)4)18(27-16)14-10-23-12-24-11-14/h10-12H,5-7,13H2,1-4H3. The molecule has 0 aromatic carbocycles. The lowest BCUT2D eigenvalue weighted by Crippen LogP contribution is -2.24. The number of nitrogens with zero attached hydrogens (tertiary/aromatic N) is 6. The molecule has 0 amide bonds. The van der Waals surface area contributed by atoms with E-state index in [0.29, 0.717) is 28.4 Å². The Hall–Kier alpha value is -3.05. The van der Waals surface area contributed by atoms with Crippen molar-refractivity contribution in [1.82, 2.24) is 29.5 Å². The summed E-state index contributed by atoms with van der Waals surface area (Å²) >= 11 is 6.38. The zero-order valence-corrected chi connectivity index (χ0v) is 18.2. The summed E-state index contributed by atoms with van der Waals surface area (Å²) in [7, 11) is 0. The first-order valence-electron chi connectivity index (χ1n) is 9.66. The van der Waals surface area contributed by atoms with Crippen molar-refractivity contribution in [2.45, 2.75) is 53.7 Å². The largest absolute Gasteiger partial charge is 0.443 e. The Balaban J connectivity index is 2.08. The fourth-order valence-electron chi connectivity index (χ4n) is 2.53. The molecule has 3 aromatic heterocycles. The summed E-state index contributed by atoms with van der Waals surface area (Å²) in [6.45, 7) is 7.38. The van der Waals surface area contributed by atoms with Gasteiger partial charge < -0.3 is 4.74 Å². The molecule has 0 N–H and O–H groups in total. The summed E-state index contributed by atoms with van der Waals surface area (Å²) < 4.78 is 7.17. The Morgan fingerprint density at radius 3 is 2.60 bits per heavy atom. The fraction of sp³-hybridized carbons (Fsp3) is 0.429. The molecule has 156 valence electrons. The highest BCUT2D eigenvalue weighted by Gasteiger charge is 2.25. The molecule has 0 atom stereocenters. The van der Waals surface area contributed by atoms with Gasteiger partial charge in [-0.05, 0) is 33.1 Å². The summed E-state index contributed by atoms with van der Waals surface area (Å²) in [5.41, 5.74) is 0.806. The van der Waals surface area contributed by atoms with Gasteiger partial charge in [0, 0.05) is 18.8 Å². The van der Waals surface area contributed by atoms with Gasteiger partial charge in [0.15, 0.2) is 17.5 Å². The van der Waals surface area contributed by atoms with Crippen molar-refractivity contribution in [2.24, 2.45) is 5.41 Å². The van der Waals surface area contributed by atoms with Crippen molar-refractivity contribution < 1.29 is 9.53 Å². The molecule has 0 aliphatic carbocycles. The molecule has 0 fully saturated rings. The lowest BCUT2D eigenvalue weighted by atomic mass is 9.98. The molecule has 0 bridgehead atoms. The van der Waals surface area contributed by atoms with E-state index in [2.05, 4.69) is 43.7 Å². The number of fused-ring (bicyclic) bond motifs is 1. The second-order valence-electron chi connectivity index (χ2n) is 7.72. The monoisotopic (exact) mass is 426 g/mol. The van der Waals surface area contributed by atoms with Gasteiger partial charge in [0.25, 0.3) is 0 Å². The Kier molecular flexibility index (Phi) is 6.63. The van der Waals surface area contributed by atoms with E-state index < -0.39 is 5.41 Å². The zero-order valence-electron chi connectivity index (χ0n) is 17.4. The van der Waals surface area contributed by atoms with Gasteiger partial charge >= 0.3 is 5.97 Å². The quantitative estimate of drug-likeness (QED) is 0.263. The summed E-state index contributed by atoms with van der Waals surface area (Å²) in [5, 5.41) is 0.179. The zero-order chi connectivity index (χ0) is 21.7. The van der Waals surface area contributed by atoms with Crippen LogP contribution in [0.5, 0.6) is 0 Å². The van der Waals surface area contributed by atoms with E-state index in [1.807, 2.05) is 0 Å². The predicted molar refractivity (Wildman–Crippen MR) is 113 cm³/mol. The van der Waals surface area contributed by atoms with Crippen LogP contribution in [0.15, 0.2) is 18.7 Å². The number of carbonyl (C=O) groups is 1. The van der Waals surface area contributed by atoms with Crippen molar-refractivity contribution in [3.8, 4) is 23.2 Å². The fourth-order valence-corrected chi connectivity index (χ4v) is 2.73. The number of halogens is 1. The Morgan fingerprint density at radius 1 is 1.20 bits per heavy atom. The summed E-state index contributed by atoms with van der Waals surface area (Å²) in [6.07, 6.45) is 7.47. The molecule has 0 aliphatic rings. The minimum atomic E-state index is -0.644. The molecule has 9 heteroatoms. The van der Waals surface area contributed by atoms with E-state index >= 15 is 0 Å². The molecule has 3 heterocycles. The number of hydrogen-bond donors (Lipinski definition) is 0. The van der Waals surface area contributed by atoms with Crippen molar-refractivity contribution in [3.05, 3.63) is 29.7 Å². The van der Waals surface area contributed by atoms with Gasteiger partial charge in [0.05, 0.1) is 11.0 Å². The Morgan fingerprint density at radius 2 is 1.93 bits per heavy atom. The number of hydrogen-bond acceptors (Lipinski definition) is 7. The van der Waals surface area contributed by atoms with E-state index in [1.165, 1.54) is 6.33 Å². The predicted octanol–water partition coefficient (Wildman–Crippen LogP) is 4.03. The molecular formula is C21H23ClN6O2. The van der Waals surface area contributed by atoms with Gasteiger partial charge in [-0.15, -0.1) is 0 Å². The average molecular weight is 427 g/mol. The van der Waals surface area contributed by atoms with Crippen LogP contribution in [0, 0.1) is 17.3 Å². The Labute approximate surface area is 180 Å². The third kappa shape index (κ3) is 4.92. The van der Waals surface area contributed by atoms with Gasteiger partial charge in [-0.25, -0.2) is 24.9 Å². The maximum absolute atomic E-state index is 12.3. The smallest absolute Gasteiger partial charge is 0.312 e. The van der Waals surface area contributed by atoms with Gasteiger partial charge in [0.1, 0.15) is 17.7 Å². The lowest BCUT2D eigenvalue weighted by Gasteiger charge is -2.17. The van der Waals surface area contributed by atoms with Crippen LogP contribution in [0.4, 0.5) is 0 Å². The number of imidazole rings is 1. The first-order chi connectivity index (χ1) is 14.3. The van der Waals surface area contributed by atoms with Crippen molar-refractivity contribution in [2.75, 3.05) is 0 Å². The highest BCUT2D eigenvalue weighted by atomic mass is 35.5. The van der Waals surface area contributed by atoms with Crippen molar-refractivity contribution in [3.63, 3.8) is 0 Å². The molecule has 0 saturated carbocycles. The summed E-state index contributed by atoms with van der Waals surface area (Å²) in [4.78, 5) is 33.7. The van der Waals surface area contributed by atoms with Gasteiger partial charge in [-0.1, -0.05) is 30.9 Å². The SMILES string of the molecule is CCCCC#Cc1nc(Cl)c2nc(-c3cncnc3)n(COC(=O)C(C)(C)C)c2n1. The maximum atomic E-state index is 12.3. The highest BCUT2D eigenvalue weighted by molar-refractivity contribution is 6.33. The second kappa shape index (κ2) is 9.18. The van der Waals surface area contributed by atoms with Gasteiger partial charge in [-0.2, -0.15) is 0 Å². The number of unbranched alkanes of at least 4 members (excludes halogenated alkanes) is 2. The minimum absolute atomic E-state index is 0.0904. The van der Waals surface area contributed by atoms with Crippen LogP contribution in [-0.2, 0) is 16.3 Å². The Bertz CT molecular complexity index is 1110. The lowest BCUT2D eigenvalue weighted by molar-refractivity contribution is -0.156. The summed E-state index contributed by atoms with van der Waals surface area (Å²) in [5.74, 6) is 6.42. The number of carbonyl (C=O) groups excluding carboxylic acids is 1. The molecular weight excluding hydrogens is 404 g/mol. The molecule has 0 aliphatic heterocycles. The first kappa shape index (κ1) is 21.7. The number of aromatic nitrogens is 6. The van der Waals surface area contributed by atoms with Gasteiger partial charge in [0.2, 0.25) is 5.82 Å². The van der Waals surface area contributed by atoms with Crippen LogP contribution < -0.4 is 0 Å². The van der Waals surface area contributed by atoms with Gasteiger partial charge in [-0.3, -0.25) is 9.36 Å². The molecule has 0 saturated heterocycles. The average Bonchev–Trinajstić information content (AvgIpc) is 3.08. The van der Waals surface area contributed by atoms with Crippen molar-refractivity contribution in [1.29, 1.82) is 0 Å². The number of rotatable bonds is 5. The van der Waals surface area contributed by atoms with Crippen molar-refractivity contribution >= 4 is 28.7 Å². The van der Waals surface area contributed by atoms with Crippen LogP contribution in [-0.4, -0.2) is 35.5 Å². The summed E-state index contributed by atoms with van der Waals surface area (Å²) in [6, 6.07) is 0. The minimum Gasteiger partial charge on any atom is -0.443 e. The van der Waals surface area contributed by atoms with Crippen LogP contribution in [0.25, 0.3) is 22.6 Å². The second-order valence-corrected chi connectivity index (χ2v) is 8.08. The van der Waals surface area contributed by atoms with Crippen LogP contribution in [0.3, 0.4) is 0 Å². The molecule has 3 aromatic rings. The molecule has 0 radical (unpaired) electrons. The van der Waals surface area contributed by atoms with E-state index in [-0.39, 0.29) is 17.9 Å². The van der Waals surface area contributed by atoms with Crippen LogP contribution in [0.2, 0.25) is 5.15 Å². The third-order valence-electron chi connectivity index (χ3n) is 4.16. The molecule has 3 rings (SSSR count). The van der Waals surface area contributed by atoms with E-state index in [0.717, 1.165) is 19.3 Å². The molecule has 0 unspecified atom stereocenters. The third-order valence-corrected chi connectivity index (χ3v) is 4.43. The van der Waals surface area contributed by atoms with E-state index in [9.17, 15) is 4.79 Å². The topological polar surface area (TPSA) is 95.7 Å². The number of ether oxygens (including phenoxy) is 1.